The van der Waals surface area contributed by atoms with E-state index in [0.717, 1.165) is 27.8 Å². The van der Waals surface area contributed by atoms with Crippen molar-refractivity contribution >= 4 is 27.4 Å². The first-order chi connectivity index (χ1) is 17.9. The average Bonchev–Trinajstić information content (AvgIpc) is 3.28. The molecule has 0 aliphatic rings. The lowest BCUT2D eigenvalue weighted by Crippen LogP contribution is -2.36. The predicted octanol–water partition coefficient (Wildman–Crippen LogP) is 9.32. The van der Waals surface area contributed by atoms with Gasteiger partial charge < -0.3 is 9.47 Å². The van der Waals surface area contributed by atoms with Crippen LogP contribution in [0, 0.1) is 5.41 Å². The molecule has 0 amide bonds. The van der Waals surface area contributed by atoms with Gasteiger partial charge in [-0.3, -0.25) is 0 Å². The van der Waals surface area contributed by atoms with Gasteiger partial charge in [0.25, 0.3) is 0 Å². The minimum atomic E-state index is -4.43. The van der Waals surface area contributed by atoms with Crippen molar-refractivity contribution < 1.29 is 27.4 Å². The van der Waals surface area contributed by atoms with E-state index in [9.17, 15) is 18.0 Å². The van der Waals surface area contributed by atoms with E-state index in [1.807, 2.05) is 12.1 Å². The molecule has 1 aromatic heterocycles. The molecule has 3 aromatic rings. The maximum atomic E-state index is 13.3. The summed E-state index contributed by atoms with van der Waals surface area (Å²) in [6.07, 6.45) is 0.103. The summed E-state index contributed by atoms with van der Waals surface area (Å²) in [6.45, 7) is 10.0. The molecule has 0 aliphatic carbocycles. The summed E-state index contributed by atoms with van der Waals surface area (Å²) in [5.74, 6) is -0.237. The fourth-order valence-electron chi connectivity index (χ4n) is 4.40. The largest absolute Gasteiger partial charge is 0.493 e. The number of ether oxygens (including phenoxy) is 2. The molecule has 0 N–H and O–H groups in total. The Labute approximate surface area is 227 Å². The molecule has 3 rings (SSSR count). The highest BCUT2D eigenvalue weighted by molar-refractivity contribution is 7.22. The molecule has 3 nitrogen and oxygen atoms in total. The molecule has 0 fully saturated rings. The van der Waals surface area contributed by atoms with E-state index in [-0.39, 0.29) is 12.2 Å². The van der Waals surface area contributed by atoms with Gasteiger partial charge in [0, 0.05) is 20.6 Å². The van der Waals surface area contributed by atoms with Gasteiger partial charge in [0.2, 0.25) is 0 Å². The van der Waals surface area contributed by atoms with Crippen LogP contribution in [0.1, 0.15) is 64.5 Å². The fourth-order valence-corrected chi connectivity index (χ4v) is 5.55. The monoisotopic (exact) mass is 546 g/mol. The molecule has 0 radical (unpaired) electrons. The Bertz CT molecular complexity index is 1260. The highest BCUT2D eigenvalue weighted by atomic mass is 32.1. The van der Waals surface area contributed by atoms with E-state index in [1.54, 1.807) is 17.4 Å². The van der Waals surface area contributed by atoms with Crippen LogP contribution in [0.25, 0.3) is 20.5 Å². The molecule has 0 spiro atoms. The maximum absolute atomic E-state index is 13.3. The number of hydrogen-bond donors (Lipinski definition) is 0. The maximum Gasteiger partial charge on any atom is 0.389 e. The first kappa shape index (κ1) is 29.8. The lowest BCUT2D eigenvalue weighted by Gasteiger charge is -2.30. The Kier molecular flexibility index (Phi) is 10.0. The Morgan fingerprint density at radius 3 is 2.45 bits per heavy atom. The first-order valence-corrected chi connectivity index (χ1v) is 13.9. The third-order valence-corrected chi connectivity index (χ3v) is 7.62. The Balaban J connectivity index is 1.78. The lowest BCUT2D eigenvalue weighted by atomic mass is 9.88. The third-order valence-electron chi connectivity index (χ3n) is 6.49. The van der Waals surface area contributed by atoms with Crippen LogP contribution in [-0.4, -0.2) is 25.4 Å². The fraction of sp³-hybridized carbons (Fsp3) is 0.452. The van der Waals surface area contributed by atoms with Gasteiger partial charge in [-0.2, -0.15) is 13.2 Å². The SMILES string of the molecule is C=C(C)C(=O)OCC(C)(COc1ccc2cc(-c3ccc(CCCCC)cc3CC)sc2c1)CC(F)(F)F. The van der Waals surface area contributed by atoms with Crippen molar-refractivity contribution in [2.45, 2.75) is 72.4 Å². The van der Waals surface area contributed by atoms with Crippen molar-refractivity contribution in [2.24, 2.45) is 5.41 Å². The molecular weight excluding hydrogens is 509 g/mol. The summed E-state index contributed by atoms with van der Waals surface area (Å²) in [6, 6.07) is 14.4. The number of hydrogen-bond acceptors (Lipinski definition) is 4. The summed E-state index contributed by atoms with van der Waals surface area (Å²) < 4.78 is 51.8. The average molecular weight is 547 g/mol. The standard InChI is InChI=1S/C31H37F3O3S/c1-6-8-9-10-22-11-14-26(23(7-2)15-22)28-16-24-12-13-25(17-27(24)38-28)36-19-30(5,18-31(32,33)34)20-37-29(35)21(3)4/h11-17H,3,6-10,18-20H2,1-2,4-5H3. The number of carbonyl (C=O) groups is 1. The van der Waals surface area contributed by atoms with Crippen LogP contribution in [0.5, 0.6) is 5.75 Å². The van der Waals surface area contributed by atoms with E-state index in [1.165, 1.54) is 49.8 Å². The number of unbranched alkanes of at least 4 members (excludes halogenated alkanes) is 2. The number of benzene rings is 2. The second-order valence-electron chi connectivity index (χ2n) is 10.4. The number of aryl methyl sites for hydroxylation is 2. The topological polar surface area (TPSA) is 35.5 Å². The summed E-state index contributed by atoms with van der Waals surface area (Å²) in [5, 5.41) is 1.06. The second kappa shape index (κ2) is 12.8. The zero-order valence-electron chi connectivity index (χ0n) is 22.7. The van der Waals surface area contributed by atoms with Crippen LogP contribution in [0.3, 0.4) is 0 Å². The number of halogens is 3. The minimum Gasteiger partial charge on any atom is -0.493 e. The van der Waals surface area contributed by atoms with Gasteiger partial charge in [0.1, 0.15) is 12.4 Å². The normalized spacial score (nSPS) is 13.3. The number of thiophene rings is 1. The molecule has 0 saturated carbocycles. The van der Waals surface area contributed by atoms with Crippen molar-refractivity contribution in [1.29, 1.82) is 0 Å². The number of fused-ring (bicyclic) bond motifs is 1. The van der Waals surface area contributed by atoms with Crippen LogP contribution < -0.4 is 4.74 Å². The molecule has 1 unspecified atom stereocenters. The molecule has 0 aliphatic heterocycles. The number of esters is 1. The van der Waals surface area contributed by atoms with Gasteiger partial charge in [-0.15, -0.1) is 11.3 Å². The van der Waals surface area contributed by atoms with Crippen molar-refractivity contribution in [1.82, 2.24) is 0 Å². The van der Waals surface area contributed by atoms with Crippen molar-refractivity contribution in [3.05, 3.63) is 65.7 Å². The second-order valence-corrected chi connectivity index (χ2v) is 11.4. The van der Waals surface area contributed by atoms with Gasteiger partial charge in [-0.25, -0.2) is 4.79 Å². The van der Waals surface area contributed by atoms with Crippen molar-refractivity contribution in [2.75, 3.05) is 13.2 Å². The summed E-state index contributed by atoms with van der Waals surface area (Å²) in [7, 11) is 0. The number of alkyl halides is 3. The highest BCUT2D eigenvalue weighted by Gasteiger charge is 2.41. The lowest BCUT2D eigenvalue weighted by molar-refractivity contribution is -0.173. The first-order valence-electron chi connectivity index (χ1n) is 13.1. The molecule has 1 heterocycles. The number of rotatable bonds is 13. The summed E-state index contributed by atoms with van der Waals surface area (Å²) in [5.41, 5.74) is 2.60. The molecule has 0 bridgehead atoms. The van der Waals surface area contributed by atoms with Crippen molar-refractivity contribution in [3.8, 4) is 16.2 Å². The van der Waals surface area contributed by atoms with Gasteiger partial charge in [-0.05, 0) is 72.5 Å². The third kappa shape index (κ3) is 8.35. The minimum absolute atomic E-state index is 0.136. The van der Waals surface area contributed by atoms with E-state index in [4.69, 9.17) is 9.47 Å². The van der Waals surface area contributed by atoms with Crippen LogP contribution in [-0.2, 0) is 22.4 Å². The zero-order chi connectivity index (χ0) is 27.9. The summed E-state index contributed by atoms with van der Waals surface area (Å²) >= 11 is 1.64. The van der Waals surface area contributed by atoms with E-state index in [0.29, 0.717) is 5.75 Å². The quantitative estimate of drug-likeness (QED) is 0.122. The van der Waals surface area contributed by atoms with Gasteiger partial charge in [0.15, 0.2) is 0 Å². The molecule has 38 heavy (non-hydrogen) atoms. The van der Waals surface area contributed by atoms with E-state index < -0.39 is 30.6 Å². The van der Waals surface area contributed by atoms with Gasteiger partial charge >= 0.3 is 12.1 Å². The Hall–Kier alpha value is -2.80. The Morgan fingerprint density at radius 2 is 1.79 bits per heavy atom. The number of carbonyl (C=O) groups excluding carboxylic acids is 1. The molecule has 2 aromatic carbocycles. The van der Waals surface area contributed by atoms with Crippen LogP contribution >= 0.6 is 11.3 Å². The van der Waals surface area contributed by atoms with Crippen LogP contribution in [0.2, 0.25) is 0 Å². The predicted molar refractivity (Wildman–Crippen MR) is 150 cm³/mol. The smallest absolute Gasteiger partial charge is 0.389 e. The zero-order valence-corrected chi connectivity index (χ0v) is 23.5. The summed E-state index contributed by atoms with van der Waals surface area (Å²) in [4.78, 5) is 12.9. The molecule has 1 atom stereocenters. The van der Waals surface area contributed by atoms with Crippen LogP contribution in [0.15, 0.2) is 54.6 Å². The van der Waals surface area contributed by atoms with Gasteiger partial charge in [0.05, 0.1) is 13.0 Å². The van der Waals surface area contributed by atoms with E-state index in [2.05, 4.69) is 44.7 Å². The van der Waals surface area contributed by atoms with Crippen LogP contribution in [0.4, 0.5) is 13.2 Å². The van der Waals surface area contributed by atoms with E-state index >= 15 is 0 Å². The van der Waals surface area contributed by atoms with Gasteiger partial charge in [-0.1, -0.05) is 58.4 Å². The highest BCUT2D eigenvalue weighted by Crippen LogP contribution is 2.39. The Morgan fingerprint density at radius 1 is 1.03 bits per heavy atom. The molecule has 0 saturated heterocycles. The molecular formula is C31H37F3O3S. The molecule has 7 heteroatoms. The van der Waals surface area contributed by atoms with Crippen molar-refractivity contribution in [3.63, 3.8) is 0 Å². The molecule has 206 valence electrons.